The number of carbonyl (C=O) groups is 2. The number of hydrogen-bond donors (Lipinski definition) is 3. The van der Waals surface area contributed by atoms with E-state index < -0.39 is 40.5 Å². The van der Waals surface area contributed by atoms with Gasteiger partial charge in [-0.15, -0.1) is 0 Å². The summed E-state index contributed by atoms with van der Waals surface area (Å²) in [7, 11) is -4.24. The number of ether oxygens (including phenoxy) is 1. The molecule has 0 aliphatic carbocycles. The topological polar surface area (TPSA) is 126 Å². The zero-order chi connectivity index (χ0) is 22.8. The Morgan fingerprint density at radius 2 is 1.87 bits per heavy atom. The maximum absolute atomic E-state index is 12.6. The van der Waals surface area contributed by atoms with Crippen molar-refractivity contribution >= 4 is 55.9 Å². The lowest BCUT2D eigenvalue weighted by molar-refractivity contribution is -0.147. The van der Waals surface area contributed by atoms with E-state index in [0.717, 1.165) is 11.6 Å². The number of ketones is 1. The molecule has 8 nitrogen and oxygen atoms in total. The van der Waals surface area contributed by atoms with E-state index in [9.17, 15) is 23.1 Å². The van der Waals surface area contributed by atoms with Crippen LogP contribution in [0.1, 0.15) is 17.3 Å². The first-order valence-electron chi connectivity index (χ1n) is 9.01. The van der Waals surface area contributed by atoms with Gasteiger partial charge in [0.15, 0.2) is 6.61 Å². The number of esters is 1. The molecule has 1 aromatic heterocycles. The molecular weight excluding hydrogens is 467 g/mol. The molecule has 0 aliphatic rings. The van der Waals surface area contributed by atoms with E-state index in [1.165, 1.54) is 25.3 Å². The van der Waals surface area contributed by atoms with Gasteiger partial charge in [0.25, 0.3) is 0 Å². The van der Waals surface area contributed by atoms with Crippen molar-refractivity contribution in [3.8, 4) is 0 Å². The van der Waals surface area contributed by atoms with Crippen LogP contribution in [0.4, 0.5) is 0 Å². The van der Waals surface area contributed by atoms with E-state index in [0.29, 0.717) is 10.9 Å². The van der Waals surface area contributed by atoms with E-state index in [2.05, 4.69) is 9.71 Å². The van der Waals surface area contributed by atoms with Gasteiger partial charge < -0.3 is 14.8 Å². The number of Topliss-reactive ketones (excluding diaryl/α,β-unsaturated/α-hetero) is 1. The zero-order valence-corrected chi connectivity index (χ0v) is 18.5. The predicted octanol–water partition coefficient (Wildman–Crippen LogP) is 2.93. The van der Waals surface area contributed by atoms with E-state index in [4.69, 9.17) is 27.9 Å². The van der Waals surface area contributed by atoms with Gasteiger partial charge in [0.05, 0.1) is 21.0 Å². The van der Waals surface area contributed by atoms with Crippen LogP contribution in [0.2, 0.25) is 10.0 Å². The first-order valence-corrected chi connectivity index (χ1v) is 11.3. The van der Waals surface area contributed by atoms with Gasteiger partial charge in [-0.05, 0) is 31.2 Å². The number of aliphatic hydroxyl groups excluding tert-OH is 1. The molecule has 1 heterocycles. The Kier molecular flexibility index (Phi) is 7.03. The number of aromatic amines is 1. The molecule has 164 valence electrons. The van der Waals surface area contributed by atoms with Crippen molar-refractivity contribution in [2.45, 2.75) is 24.0 Å². The summed E-state index contributed by atoms with van der Waals surface area (Å²) < 4.78 is 32.2. The first kappa shape index (κ1) is 23.2. The highest BCUT2D eigenvalue weighted by Gasteiger charge is 2.31. The van der Waals surface area contributed by atoms with E-state index in [-0.39, 0.29) is 14.9 Å². The molecule has 0 aliphatic heterocycles. The maximum atomic E-state index is 12.6. The smallest absolute Gasteiger partial charge is 0.327 e. The summed E-state index contributed by atoms with van der Waals surface area (Å²) in [6.07, 6.45) is 0.0632. The van der Waals surface area contributed by atoms with Gasteiger partial charge in [0.2, 0.25) is 15.8 Å². The molecule has 2 aromatic carbocycles. The Morgan fingerprint density at radius 1 is 1.16 bits per heavy atom. The number of benzene rings is 2. The summed E-state index contributed by atoms with van der Waals surface area (Å²) in [6, 6.07) is 9.05. The number of carbonyl (C=O) groups excluding carboxylic acids is 2. The summed E-state index contributed by atoms with van der Waals surface area (Å²) in [5, 5.41) is 10.7. The molecular formula is C20H18Cl2N2O6S. The zero-order valence-electron chi connectivity index (χ0n) is 16.1. The van der Waals surface area contributed by atoms with Gasteiger partial charge in [0.1, 0.15) is 6.04 Å². The largest absolute Gasteiger partial charge is 0.456 e. The number of aliphatic hydroxyl groups is 1. The lowest BCUT2D eigenvalue weighted by Crippen LogP contribution is -2.48. The lowest BCUT2D eigenvalue weighted by atomic mass is 10.1. The quantitative estimate of drug-likeness (QED) is 0.333. The van der Waals surface area contributed by atoms with Crippen LogP contribution in [-0.4, -0.2) is 49.0 Å². The van der Waals surface area contributed by atoms with Gasteiger partial charge >= 0.3 is 5.97 Å². The van der Waals surface area contributed by atoms with Crippen molar-refractivity contribution in [1.82, 2.24) is 9.71 Å². The highest BCUT2D eigenvalue weighted by Crippen LogP contribution is 2.25. The summed E-state index contributed by atoms with van der Waals surface area (Å²) in [5.41, 5.74) is 1.07. The van der Waals surface area contributed by atoms with Crippen LogP contribution in [0.15, 0.2) is 53.6 Å². The fourth-order valence-electron chi connectivity index (χ4n) is 2.83. The van der Waals surface area contributed by atoms with Crippen LogP contribution in [0, 0.1) is 0 Å². The molecule has 3 aromatic rings. The third-order valence-corrected chi connectivity index (χ3v) is 6.63. The van der Waals surface area contributed by atoms with E-state index >= 15 is 0 Å². The van der Waals surface area contributed by atoms with Crippen molar-refractivity contribution in [1.29, 1.82) is 0 Å². The molecule has 31 heavy (non-hydrogen) atoms. The maximum Gasteiger partial charge on any atom is 0.327 e. The Hall–Kier alpha value is -2.43. The normalized spacial score (nSPS) is 13.7. The number of sulfonamides is 1. The minimum Gasteiger partial charge on any atom is -0.456 e. The van der Waals surface area contributed by atoms with Gasteiger partial charge in [-0.2, -0.15) is 4.72 Å². The molecule has 0 amide bonds. The van der Waals surface area contributed by atoms with Crippen LogP contribution in [0.3, 0.4) is 0 Å². The van der Waals surface area contributed by atoms with Crippen molar-refractivity contribution in [2.75, 3.05) is 6.61 Å². The van der Waals surface area contributed by atoms with Crippen LogP contribution < -0.4 is 4.72 Å². The van der Waals surface area contributed by atoms with Gasteiger partial charge in [-0.1, -0.05) is 41.4 Å². The first-order chi connectivity index (χ1) is 14.6. The van der Waals surface area contributed by atoms with Crippen LogP contribution in [0.25, 0.3) is 10.9 Å². The Labute approximate surface area is 188 Å². The second-order valence-corrected chi connectivity index (χ2v) is 9.22. The SMILES string of the molecule is C[C@H](O)[C@@H](NS(=O)(=O)c1ccc(Cl)c(Cl)c1)C(=O)OCC(=O)c1c[nH]c2ccccc12. The fourth-order valence-corrected chi connectivity index (χ4v) is 4.48. The highest BCUT2D eigenvalue weighted by molar-refractivity contribution is 7.89. The molecule has 3 N–H and O–H groups in total. The number of nitrogens with one attached hydrogen (secondary N) is 2. The van der Waals surface area contributed by atoms with Crippen LogP contribution >= 0.6 is 23.2 Å². The molecule has 0 fully saturated rings. The number of H-pyrrole nitrogens is 1. The van der Waals surface area contributed by atoms with Crippen LogP contribution in [0.5, 0.6) is 0 Å². The van der Waals surface area contributed by atoms with E-state index in [1.54, 1.807) is 24.3 Å². The summed E-state index contributed by atoms with van der Waals surface area (Å²) in [6.45, 7) is 0.586. The molecule has 11 heteroatoms. The fraction of sp³-hybridized carbons (Fsp3) is 0.200. The van der Waals surface area contributed by atoms with Crippen LogP contribution in [-0.2, 0) is 19.6 Å². The van der Waals surface area contributed by atoms with Gasteiger partial charge in [-0.25, -0.2) is 8.42 Å². The summed E-state index contributed by atoms with van der Waals surface area (Å²) in [4.78, 5) is 27.6. The molecule has 0 spiro atoms. The van der Waals surface area contributed by atoms with E-state index in [1.807, 2.05) is 0 Å². The standard InChI is InChI=1S/C20H18Cl2N2O6S/c1-11(25)19(24-31(28,29)12-6-7-15(21)16(22)8-12)20(27)30-10-18(26)14-9-23-17-5-3-2-4-13(14)17/h2-9,11,19,23-25H,10H2,1H3/t11-,19+/m0/s1. The molecule has 0 radical (unpaired) electrons. The van der Waals surface area contributed by atoms with Crippen molar-refractivity contribution < 1.29 is 27.9 Å². The minimum absolute atomic E-state index is 0.00467. The monoisotopic (exact) mass is 484 g/mol. The highest BCUT2D eigenvalue weighted by atomic mass is 35.5. The average molecular weight is 485 g/mol. The number of para-hydroxylation sites is 1. The average Bonchev–Trinajstić information content (AvgIpc) is 3.16. The molecule has 0 saturated heterocycles. The Bertz CT molecular complexity index is 1240. The van der Waals surface area contributed by atoms with Gasteiger partial charge in [0, 0.05) is 22.7 Å². The number of rotatable bonds is 8. The third-order valence-electron chi connectivity index (χ3n) is 4.45. The Balaban J connectivity index is 1.71. The number of hydrogen-bond acceptors (Lipinski definition) is 6. The number of aromatic nitrogens is 1. The molecule has 0 bridgehead atoms. The van der Waals surface area contributed by atoms with Crippen molar-refractivity contribution in [3.63, 3.8) is 0 Å². The second-order valence-electron chi connectivity index (χ2n) is 6.69. The van der Waals surface area contributed by atoms with Crippen molar-refractivity contribution in [2.24, 2.45) is 0 Å². The van der Waals surface area contributed by atoms with Gasteiger partial charge in [-0.3, -0.25) is 9.59 Å². The number of fused-ring (bicyclic) bond motifs is 1. The summed E-state index contributed by atoms with van der Waals surface area (Å²) in [5.74, 6) is -1.59. The third kappa shape index (κ3) is 5.25. The Morgan fingerprint density at radius 3 is 2.55 bits per heavy atom. The lowest BCUT2D eigenvalue weighted by Gasteiger charge is -2.20. The predicted molar refractivity (Wildman–Crippen MR) is 116 cm³/mol. The summed E-state index contributed by atoms with van der Waals surface area (Å²) >= 11 is 11.6. The molecule has 3 rings (SSSR count). The van der Waals surface area contributed by atoms with Crippen molar-refractivity contribution in [3.05, 3.63) is 64.3 Å². The second kappa shape index (κ2) is 9.37. The molecule has 2 atom stereocenters. The molecule has 0 unspecified atom stereocenters. The minimum atomic E-state index is -4.24. The molecule has 0 saturated carbocycles. The number of halogens is 2.